The van der Waals surface area contributed by atoms with Gasteiger partial charge in [-0.15, -0.1) is 0 Å². The van der Waals surface area contributed by atoms with Crippen LogP contribution in [0.4, 0.5) is 0 Å². The molecule has 0 saturated heterocycles. The van der Waals surface area contributed by atoms with Crippen LogP contribution < -0.4 is 11.5 Å². The summed E-state index contributed by atoms with van der Waals surface area (Å²) in [4.78, 5) is 2.10. The van der Waals surface area contributed by atoms with Crippen LogP contribution in [0.3, 0.4) is 0 Å². The molecule has 0 radical (unpaired) electrons. The fourth-order valence-corrected chi connectivity index (χ4v) is 0.779. The fraction of sp³-hybridized carbons (Fsp3) is 1.00. The van der Waals surface area contributed by atoms with Crippen LogP contribution in [-0.2, 0) is 0 Å². The number of nitrogens with zero attached hydrogens (tertiary/aromatic N) is 1. The summed E-state index contributed by atoms with van der Waals surface area (Å²) in [5.41, 5.74) is 10.8. The Labute approximate surface area is 57.0 Å². The van der Waals surface area contributed by atoms with Gasteiger partial charge in [-0.1, -0.05) is 0 Å². The third-order valence-corrected chi connectivity index (χ3v) is 1.50. The lowest BCUT2D eigenvalue weighted by atomic mass is 10.2. The molecule has 0 heterocycles. The van der Waals surface area contributed by atoms with E-state index in [-0.39, 0.29) is 0 Å². The molecule has 1 atom stereocenters. The molecule has 3 heteroatoms. The Kier molecular flexibility index (Phi) is 4.67. The number of hydrogen-bond acceptors (Lipinski definition) is 3. The standard InChI is InChI=1S/C6H17N3/c1-9(2)6(5-8)3-4-7/h6H,3-5,7-8H2,1-2H3. The van der Waals surface area contributed by atoms with Gasteiger partial charge in [0, 0.05) is 12.6 Å². The number of hydrogen-bond donors (Lipinski definition) is 2. The third kappa shape index (κ3) is 3.46. The molecule has 0 saturated carbocycles. The molecular weight excluding hydrogens is 114 g/mol. The largest absolute Gasteiger partial charge is 0.330 e. The Morgan fingerprint density at radius 3 is 2.00 bits per heavy atom. The Hall–Kier alpha value is -0.120. The lowest BCUT2D eigenvalue weighted by Gasteiger charge is -2.21. The molecule has 56 valence electrons. The van der Waals surface area contributed by atoms with E-state index >= 15 is 0 Å². The number of rotatable bonds is 4. The van der Waals surface area contributed by atoms with E-state index in [2.05, 4.69) is 4.90 Å². The fourth-order valence-electron chi connectivity index (χ4n) is 0.779. The zero-order valence-corrected chi connectivity index (χ0v) is 6.30. The predicted molar refractivity (Wildman–Crippen MR) is 40.2 cm³/mol. The molecule has 0 spiro atoms. The molecule has 0 aromatic rings. The van der Waals surface area contributed by atoms with E-state index in [1.165, 1.54) is 0 Å². The van der Waals surface area contributed by atoms with Gasteiger partial charge in [-0.25, -0.2) is 0 Å². The highest BCUT2D eigenvalue weighted by atomic mass is 15.1. The highest BCUT2D eigenvalue weighted by molar-refractivity contribution is 4.66. The zero-order chi connectivity index (χ0) is 7.28. The summed E-state index contributed by atoms with van der Waals surface area (Å²) in [6, 6.07) is 0.454. The zero-order valence-electron chi connectivity index (χ0n) is 6.30. The van der Waals surface area contributed by atoms with Crippen molar-refractivity contribution in [1.29, 1.82) is 0 Å². The van der Waals surface area contributed by atoms with Crippen LogP contribution in [0.1, 0.15) is 6.42 Å². The van der Waals surface area contributed by atoms with Crippen LogP contribution in [0.2, 0.25) is 0 Å². The van der Waals surface area contributed by atoms with Gasteiger partial charge < -0.3 is 16.4 Å². The van der Waals surface area contributed by atoms with Crippen LogP contribution in [0.15, 0.2) is 0 Å². The highest BCUT2D eigenvalue weighted by Crippen LogP contribution is 1.93. The minimum atomic E-state index is 0.454. The molecule has 4 N–H and O–H groups in total. The summed E-state index contributed by atoms with van der Waals surface area (Å²) in [6.45, 7) is 1.42. The maximum atomic E-state index is 5.46. The second-order valence-corrected chi connectivity index (χ2v) is 2.43. The molecule has 0 rings (SSSR count). The van der Waals surface area contributed by atoms with Gasteiger partial charge >= 0.3 is 0 Å². The molecule has 0 aliphatic heterocycles. The van der Waals surface area contributed by atoms with Crippen molar-refractivity contribution in [3.05, 3.63) is 0 Å². The van der Waals surface area contributed by atoms with Crippen molar-refractivity contribution in [3.8, 4) is 0 Å². The van der Waals surface area contributed by atoms with Gasteiger partial charge in [0.05, 0.1) is 0 Å². The first-order valence-electron chi connectivity index (χ1n) is 3.29. The van der Waals surface area contributed by atoms with Crippen LogP contribution >= 0.6 is 0 Å². The molecule has 9 heavy (non-hydrogen) atoms. The maximum absolute atomic E-state index is 5.46. The van der Waals surface area contributed by atoms with Gasteiger partial charge in [0.2, 0.25) is 0 Å². The topological polar surface area (TPSA) is 55.3 Å². The Morgan fingerprint density at radius 2 is 1.89 bits per heavy atom. The molecule has 0 fully saturated rings. The van der Waals surface area contributed by atoms with Crippen molar-refractivity contribution in [1.82, 2.24) is 4.90 Å². The van der Waals surface area contributed by atoms with Crippen LogP contribution in [0.25, 0.3) is 0 Å². The number of likely N-dealkylation sites (N-methyl/N-ethyl adjacent to an activating group) is 1. The monoisotopic (exact) mass is 131 g/mol. The van der Waals surface area contributed by atoms with E-state index in [4.69, 9.17) is 11.5 Å². The normalized spacial score (nSPS) is 14.3. The summed E-state index contributed by atoms with van der Waals surface area (Å²) in [7, 11) is 4.04. The smallest absolute Gasteiger partial charge is 0.0224 e. The van der Waals surface area contributed by atoms with E-state index in [0.717, 1.165) is 13.0 Å². The minimum absolute atomic E-state index is 0.454. The van der Waals surface area contributed by atoms with E-state index in [0.29, 0.717) is 12.6 Å². The summed E-state index contributed by atoms with van der Waals surface area (Å²) >= 11 is 0. The highest BCUT2D eigenvalue weighted by Gasteiger charge is 2.05. The molecule has 0 aromatic heterocycles. The maximum Gasteiger partial charge on any atom is 0.0224 e. The summed E-state index contributed by atoms with van der Waals surface area (Å²) < 4.78 is 0. The van der Waals surface area contributed by atoms with Gasteiger partial charge in [0.25, 0.3) is 0 Å². The average molecular weight is 131 g/mol. The van der Waals surface area contributed by atoms with E-state index in [9.17, 15) is 0 Å². The minimum Gasteiger partial charge on any atom is -0.330 e. The van der Waals surface area contributed by atoms with E-state index in [1.807, 2.05) is 14.1 Å². The number of nitrogens with two attached hydrogens (primary N) is 2. The van der Waals surface area contributed by atoms with Crippen molar-refractivity contribution in [2.75, 3.05) is 27.2 Å². The molecule has 0 aromatic carbocycles. The first-order chi connectivity index (χ1) is 4.22. The molecule has 0 aliphatic rings. The van der Waals surface area contributed by atoms with Gasteiger partial charge in [-0.05, 0) is 27.1 Å². The van der Waals surface area contributed by atoms with Crippen LogP contribution in [0, 0.1) is 0 Å². The van der Waals surface area contributed by atoms with Gasteiger partial charge in [-0.3, -0.25) is 0 Å². The predicted octanol–water partition coefficient (Wildman–Crippen LogP) is -0.776. The van der Waals surface area contributed by atoms with E-state index in [1.54, 1.807) is 0 Å². The van der Waals surface area contributed by atoms with Crippen molar-refractivity contribution in [2.24, 2.45) is 11.5 Å². The SMILES string of the molecule is CN(C)C(CN)CCN. The van der Waals surface area contributed by atoms with Crippen molar-refractivity contribution in [3.63, 3.8) is 0 Å². The summed E-state index contributed by atoms with van der Waals surface area (Å²) in [6.07, 6.45) is 0.990. The van der Waals surface area contributed by atoms with Crippen molar-refractivity contribution >= 4 is 0 Å². The molecule has 0 bridgehead atoms. The summed E-state index contributed by atoms with van der Waals surface area (Å²) in [5.74, 6) is 0. The van der Waals surface area contributed by atoms with Crippen molar-refractivity contribution < 1.29 is 0 Å². The molecule has 1 unspecified atom stereocenters. The average Bonchev–Trinajstić information content (AvgIpc) is 1.82. The quantitative estimate of drug-likeness (QED) is 0.526. The van der Waals surface area contributed by atoms with Crippen LogP contribution in [0.5, 0.6) is 0 Å². The molecule has 0 amide bonds. The molecule has 3 nitrogen and oxygen atoms in total. The lowest BCUT2D eigenvalue weighted by molar-refractivity contribution is 0.288. The van der Waals surface area contributed by atoms with Gasteiger partial charge in [0.15, 0.2) is 0 Å². The second kappa shape index (κ2) is 4.73. The van der Waals surface area contributed by atoms with E-state index < -0.39 is 0 Å². The van der Waals surface area contributed by atoms with Gasteiger partial charge in [0.1, 0.15) is 0 Å². The lowest BCUT2D eigenvalue weighted by Crippen LogP contribution is -2.36. The van der Waals surface area contributed by atoms with Gasteiger partial charge in [-0.2, -0.15) is 0 Å². The third-order valence-electron chi connectivity index (χ3n) is 1.50. The van der Waals surface area contributed by atoms with Crippen molar-refractivity contribution in [2.45, 2.75) is 12.5 Å². The first-order valence-corrected chi connectivity index (χ1v) is 3.29. The van der Waals surface area contributed by atoms with Crippen LogP contribution in [-0.4, -0.2) is 38.1 Å². The summed E-state index contributed by atoms with van der Waals surface area (Å²) in [5, 5.41) is 0. The Balaban J connectivity index is 3.41. The second-order valence-electron chi connectivity index (χ2n) is 2.43. The molecule has 0 aliphatic carbocycles. The Morgan fingerprint density at radius 1 is 1.33 bits per heavy atom. The first kappa shape index (κ1) is 8.88. The Bertz CT molecular complexity index is 63.3. The molecular formula is C6H17N3.